The minimum Gasteiger partial charge on any atom is -0.372 e. The van der Waals surface area contributed by atoms with Gasteiger partial charge in [-0.05, 0) is 36.8 Å². The van der Waals surface area contributed by atoms with Crippen LogP contribution in [0.2, 0.25) is 5.02 Å². The summed E-state index contributed by atoms with van der Waals surface area (Å²) in [5.41, 5.74) is 2.79. The normalized spacial score (nSPS) is 10.6. The standard InChI is InChI=1S/C16H15ClN4/c1-10-7-8-11(9-13(10)17)19-16-20-14-6-4-3-5-12(14)15(18-2)21-16/h3-9H,1-2H3,(H2,18,19,20,21). The zero-order valence-electron chi connectivity index (χ0n) is 11.8. The van der Waals surface area contributed by atoms with Crippen molar-refractivity contribution in [1.82, 2.24) is 9.97 Å². The topological polar surface area (TPSA) is 49.8 Å². The first-order valence-corrected chi connectivity index (χ1v) is 7.03. The number of para-hydroxylation sites is 1. The minimum atomic E-state index is 0.540. The molecule has 0 aliphatic rings. The molecule has 2 aromatic carbocycles. The molecule has 0 saturated heterocycles. The Labute approximate surface area is 128 Å². The van der Waals surface area contributed by atoms with Crippen LogP contribution < -0.4 is 10.6 Å². The SMILES string of the molecule is CNc1nc(Nc2ccc(C)c(Cl)c2)nc2ccccc12. The van der Waals surface area contributed by atoms with E-state index < -0.39 is 0 Å². The molecule has 0 amide bonds. The summed E-state index contributed by atoms with van der Waals surface area (Å²) in [6, 6.07) is 13.7. The van der Waals surface area contributed by atoms with E-state index in [1.54, 1.807) is 0 Å². The maximum absolute atomic E-state index is 6.14. The average Bonchev–Trinajstić information content (AvgIpc) is 2.50. The Morgan fingerprint density at radius 2 is 1.86 bits per heavy atom. The lowest BCUT2D eigenvalue weighted by molar-refractivity contribution is 1.20. The molecule has 1 aromatic heterocycles. The maximum atomic E-state index is 6.14. The van der Waals surface area contributed by atoms with E-state index in [1.807, 2.05) is 56.4 Å². The fourth-order valence-corrected chi connectivity index (χ4v) is 2.30. The van der Waals surface area contributed by atoms with E-state index in [9.17, 15) is 0 Å². The van der Waals surface area contributed by atoms with Gasteiger partial charge in [0.15, 0.2) is 0 Å². The van der Waals surface area contributed by atoms with E-state index in [2.05, 4.69) is 20.6 Å². The van der Waals surface area contributed by atoms with E-state index in [4.69, 9.17) is 11.6 Å². The van der Waals surface area contributed by atoms with Gasteiger partial charge in [-0.25, -0.2) is 4.98 Å². The first-order chi connectivity index (χ1) is 10.2. The highest BCUT2D eigenvalue weighted by Crippen LogP contribution is 2.25. The molecular weight excluding hydrogens is 284 g/mol. The summed E-state index contributed by atoms with van der Waals surface area (Å²) in [5, 5.41) is 8.00. The van der Waals surface area contributed by atoms with Crippen LogP contribution >= 0.6 is 11.6 Å². The zero-order valence-corrected chi connectivity index (χ0v) is 12.6. The fraction of sp³-hybridized carbons (Fsp3) is 0.125. The number of benzene rings is 2. The Balaban J connectivity index is 2.02. The number of hydrogen-bond donors (Lipinski definition) is 2. The Morgan fingerprint density at radius 3 is 2.62 bits per heavy atom. The lowest BCUT2D eigenvalue weighted by Gasteiger charge is -2.10. The van der Waals surface area contributed by atoms with E-state index in [1.165, 1.54) is 0 Å². The summed E-state index contributed by atoms with van der Waals surface area (Å²) in [6.07, 6.45) is 0. The van der Waals surface area contributed by atoms with Gasteiger partial charge in [0.2, 0.25) is 5.95 Å². The number of rotatable bonds is 3. The van der Waals surface area contributed by atoms with Gasteiger partial charge >= 0.3 is 0 Å². The first-order valence-electron chi connectivity index (χ1n) is 6.65. The number of hydrogen-bond acceptors (Lipinski definition) is 4. The summed E-state index contributed by atoms with van der Waals surface area (Å²) in [4.78, 5) is 9.02. The molecule has 3 rings (SSSR count). The Kier molecular flexibility index (Phi) is 3.62. The second kappa shape index (κ2) is 5.58. The minimum absolute atomic E-state index is 0.540. The molecule has 1 heterocycles. The molecule has 106 valence electrons. The number of aryl methyl sites for hydroxylation is 1. The van der Waals surface area contributed by atoms with Crippen molar-refractivity contribution >= 4 is 40.0 Å². The van der Waals surface area contributed by atoms with Gasteiger partial charge in [-0.3, -0.25) is 0 Å². The molecule has 5 heteroatoms. The number of anilines is 3. The summed E-state index contributed by atoms with van der Waals surface area (Å²) in [7, 11) is 1.85. The average molecular weight is 299 g/mol. The van der Waals surface area contributed by atoms with E-state index in [-0.39, 0.29) is 0 Å². The van der Waals surface area contributed by atoms with Crippen LogP contribution in [0.3, 0.4) is 0 Å². The molecule has 3 aromatic rings. The molecule has 0 saturated carbocycles. The highest BCUT2D eigenvalue weighted by molar-refractivity contribution is 6.31. The summed E-state index contributed by atoms with van der Waals surface area (Å²) in [5.74, 6) is 1.33. The quantitative estimate of drug-likeness (QED) is 0.753. The van der Waals surface area contributed by atoms with Gasteiger partial charge in [-0.1, -0.05) is 29.8 Å². The number of aromatic nitrogens is 2. The van der Waals surface area contributed by atoms with Crippen LogP contribution in [-0.2, 0) is 0 Å². The number of fused-ring (bicyclic) bond motifs is 1. The number of nitrogens with one attached hydrogen (secondary N) is 2. The second-order valence-corrected chi connectivity index (χ2v) is 5.16. The summed E-state index contributed by atoms with van der Waals surface area (Å²) >= 11 is 6.14. The maximum Gasteiger partial charge on any atom is 0.229 e. The van der Waals surface area contributed by atoms with Crippen LogP contribution in [0.1, 0.15) is 5.56 Å². The highest BCUT2D eigenvalue weighted by Gasteiger charge is 2.07. The van der Waals surface area contributed by atoms with Gasteiger partial charge in [0.1, 0.15) is 5.82 Å². The van der Waals surface area contributed by atoms with Crippen LogP contribution in [0.4, 0.5) is 17.5 Å². The smallest absolute Gasteiger partial charge is 0.229 e. The lowest BCUT2D eigenvalue weighted by atomic mass is 10.2. The van der Waals surface area contributed by atoms with Gasteiger partial charge in [-0.15, -0.1) is 0 Å². The number of halogens is 1. The molecule has 2 N–H and O–H groups in total. The fourth-order valence-electron chi connectivity index (χ4n) is 2.12. The van der Waals surface area contributed by atoms with Crippen LogP contribution in [0.15, 0.2) is 42.5 Å². The molecule has 0 spiro atoms. The third-order valence-corrected chi connectivity index (χ3v) is 3.68. The Hall–Kier alpha value is -2.33. The van der Waals surface area contributed by atoms with Gasteiger partial charge in [0, 0.05) is 23.1 Å². The molecule has 4 nitrogen and oxygen atoms in total. The van der Waals surface area contributed by atoms with Crippen molar-refractivity contribution in [3.05, 3.63) is 53.1 Å². The van der Waals surface area contributed by atoms with Gasteiger partial charge in [-0.2, -0.15) is 4.98 Å². The third kappa shape index (κ3) is 2.76. The molecule has 0 unspecified atom stereocenters. The Bertz CT molecular complexity index is 801. The van der Waals surface area contributed by atoms with Crippen molar-refractivity contribution < 1.29 is 0 Å². The largest absolute Gasteiger partial charge is 0.372 e. The van der Waals surface area contributed by atoms with Crippen LogP contribution in [-0.4, -0.2) is 17.0 Å². The third-order valence-electron chi connectivity index (χ3n) is 3.27. The van der Waals surface area contributed by atoms with Crippen LogP contribution in [0.25, 0.3) is 10.9 Å². The molecule has 0 aliphatic carbocycles. The van der Waals surface area contributed by atoms with Crippen molar-refractivity contribution in [1.29, 1.82) is 0 Å². The van der Waals surface area contributed by atoms with E-state index in [0.717, 1.165) is 33.0 Å². The lowest BCUT2D eigenvalue weighted by Crippen LogP contribution is -2.02. The van der Waals surface area contributed by atoms with Crippen molar-refractivity contribution in [3.63, 3.8) is 0 Å². The molecule has 21 heavy (non-hydrogen) atoms. The Morgan fingerprint density at radius 1 is 1.05 bits per heavy atom. The predicted octanol–water partition coefficient (Wildman–Crippen LogP) is 4.38. The molecule has 0 radical (unpaired) electrons. The summed E-state index contributed by atoms with van der Waals surface area (Å²) in [6.45, 7) is 1.97. The molecule has 0 fully saturated rings. The molecule has 0 bridgehead atoms. The molecular formula is C16H15ClN4. The van der Waals surface area contributed by atoms with Crippen molar-refractivity contribution in [3.8, 4) is 0 Å². The van der Waals surface area contributed by atoms with Gasteiger partial charge in [0.25, 0.3) is 0 Å². The van der Waals surface area contributed by atoms with Crippen LogP contribution in [0.5, 0.6) is 0 Å². The van der Waals surface area contributed by atoms with Crippen molar-refractivity contribution in [2.24, 2.45) is 0 Å². The van der Waals surface area contributed by atoms with Crippen molar-refractivity contribution in [2.45, 2.75) is 6.92 Å². The monoisotopic (exact) mass is 298 g/mol. The van der Waals surface area contributed by atoms with Crippen LogP contribution in [0, 0.1) is 6.92 Å². The second-order valence-electron chi connectivity index (χ2n) is 4.75. The molecule has 0 atom stereocenters. The van der Waals surface area contributed by atoms with Gasteiger partial charge in [0.05, 0.1) is 5.52 Å². The first kappa shape index (κ1) is 13.6. The zero-order chi connectivity index (χ0) is 14.8. The predicted molar refractivity (Wildman–Crippen MR) is 88.6 cm³/mol. The number of nitrogens with zero attached hydrogens (tertiary/aromatic N) is 2. The van der Waals surface area contributed by atoms with Gasteiger partial charge < -0.3 is 10.6 Å². The summed E-state index contributed by atoms with van der Waals surface area (Å²) < 4.78 is 0. The molecule has 0 aliphatic heterocycles. The highest BCUT2D eigenvalue weighted by atomic mass is 35.5. The van der Waals surface area contributed by atoms with E-state index in [0.29, 0.717) is 5.95 Å². The van der Waals surface area contributed by atoms with Crippen molar-refractivity contribution in [2.75, 3.05) is 17.7 Å². The van der Waals surface area contributed by atoms with E-state index >= 15 is 0 Å².